The molecule has 0 fully saturated rings. The Labute approximate surface area is 160 Å². The van der Waals surface area contributed by atoms with Crippen LogP contribution < -0.4 is 10.2 Å². The van der Waals surface area contributed by atoms with Crippen LogP contribution in [0.2, 0.25) is 0 Å². The molecule has 3 aromatic rings. The van der Waals surface area contributed by atoms with Gasteiger partial charge in [0.15, 0.2) is 0 Å². The molecule has 0 saturated carbocycles. The molecule has 0 radical (unpaired) electrons. The number of hydrogen-bond acceptors (Lipinski definition) is 4. The van der Waals surface area contributed by atoms with Gasteiger partial charge in [-0.1, -0.05) is 42.5 Å². The molecule has 3 rings (SSSR count). The van der Waals surface area contributed by atoms with Gasteiger partial charge in [0.25, 0.3) is 0 Å². The van der Waals surface area contributed by atoms with Crippen LogP contribution in [0.4, 0.5) is 16.0 Å². The quantitative estimate of drug-likeness (QED) is 0.644. The van der Waals surface area contributed by atoms with Crippen molar-refractivity contribution in [3.05, 3.63) is 83.4 Å². The second-order valence-corrected chi connectivity index (χ2v) is 6.85. The lowest BCUT2D eigenvalue weighted by molar-refractivity contribution is 0.627. The van der Waals surface area contributed by atoms with Crippen molar-refractivity contribution >= 4 is 11.6 Å². The van der Waals surface area contributed by atoms with Crippen molar-refractivity contribution in [1.29, 1.82) is 0 Å². The number of nitrogens with one attached hydrogen (secondary N) is 1. The second kappa shape index (κ2) is 8.62. The fraction of sp³-hybridized carbons (Fsp3) is 0.273. The Balaban J connectivity index is 1.78. The zero-order valence-corrected chi connectivity index (χ0v) is 16.0. The number of nitrogens with zero attached hydrogens (tertiary/aromatic N) is 3. The van der Waals surface area contributed by atoms with Gasteiger partial charge in [-0.3, -0.25) is 0 Å². The molecule has 0 aliphatic rings. The third kappa shape index (κ3) is 5.26. The van der Waals surface area contributed by atoms with Gasteiger partial charge in [-0.05, 0) is 44.0 Å². The van der Waals surface area contributed by atoms with E-state index in [0.29, 0.717) is 18.4 Å². The fourth-order valence-electron chi connectivity index (χ4n) is 2.89. The summed E-state index contributed by atoms with van der Waals surface area (Å²) >= 11 is 0. The molecule has 0 atom stereocenters. The maximum atomic E-state index is 13.1. The lowest BCUT2D eigenvalue weighted by Gasteiger charge is -2.28. The van der Waals surface area contributed by atoms with Crippen LogP contribution >= 0.6 is 0 Å². The minimum atomic E-state index is -0.229. The van der Waals surface area contributed by atoms with Gasteiger partial charge in [0.05, 0.1) is 0 Å². The highest BCUT2D eigenvalue weighted by molar-refractivity contribution is 5.50. The molecule has 27 heavy (non-hydrogen) atoms. The number of anilines is 2. The van der Waals surface area contributed by atoms with E-state index in [1.165, 1.54) is 17.7 Å². The molecule has 0 aliphatic heterocycles. The molecule has 1 heterocycles. The van der Waals surface area contributed by atoms with E-state index in [9.17, 15) is 4.39 Å². The standard InChI is InChI=1S/C22H25FN4/c1-16(2)27(15-19-7-5-4-6-8-19)22-13-21(25-17(3)26-22)24-14-18-9-11-20(23)12-10-18/h4-13,16H,14-15H2,1-3H3,(H,24,25,26). The van der Waals surface area contributed by atoms with E-state index in [2.05, 4.69) is 58.3 Å². The molecule has 1 aromatic heterocycles. The van der Waals surface area contributed by atoms with Crippen molar-refractivity contribution in [2.24, 2.45) is 0 Å². The summed E-state index contributed by atoms with van der Waals surface area (Å²) in [7, 11) is 0. The molecular formula is C22H25FN4. The third-order valence-corrected chi connectivity index (χ3v) is 4.32. The van der Waals surface area contributed by atoms with Gasteiger partial charge in [-0.15, -0.1) is 0 Å². The first-order chi connectivity index (χ1) is 13.0. The third-order valence-electron chi connectivity index (χ3n) is 4.32. The molecule has 4 nitrogen and oxygen atoms in total. The van der Waals surface area contributed by atoms with Crippen molar-refractivity contribution in [2.75, 3.05) is 10.2 Å². The van der Waals surface area contributed by atoms with Crippen LogP contribution in [0.1, 0.15) is 30.8 Å². The first kappa shape index (κ1) is 18.8. The summed E-state index contributed by atoms with van der Waals surface area (Å²) in [6.45, 7) is 7.58. The predicted molar refractivity (Wildman–Crippen MR) is 108 cm³/mol. The van der Waals surface area contributed by atoms with E-state index >= 15 is 0 Å². The summed E-state index contributed by atoms with van der Waals surface area (Å²) in [5.41, 5.74) is 2.24. The predicted octanol–water partition coefficient (Wildman–Crippen LogP) is 4.95. The lowest BCUT2D eigenvalue weighted by Crippen LogP contribution is -2.31. The van der Waals surface area contributed by atoms with Crippen LogP contribution in [0, 0.1) is 12.7 Å². The molecule has 0 saturated heterocycles. The summed E-state index contributed by atoms with van der Waals surface area (Å²) in [6.07, 6.45) is 0. The normalized spacial score (nSPS) is 10.9. The Morgan fingerprint density at radius 3 is 2.33 bits per heavy atom. The highest BCUT2D eigenvalue weighted by Crippen LogP contribution is 2.21. The van der Waals surface area contributed by atoms with Crippen LogP contribution in [0.25, 0.3) is 0 Å². The average Bonchev–Trinajstić information content (AvgIpc) is 2.66. The minimum absolute atomic E-state index is 0.229. The highest BCUT2D eigenvalue weighted by Gasteiger charge is 2.14. The first-order valence-corrected chi connectivity index (χ1v) is 9.16. The maximum absolute atomic E-state index is 13.1. The van der Waals surface area contributed by atoms with Gasteiger partial charge >= 0.3 is 0 Å². The van der Waals surface area contributed by atoms with E-state index in [1.54, 1.807) is 12.1 Å². The monoisotopic (exact) mass is 364 g/mol. The van der Waals surface area contributed by atoms with Crippen molar-refractivity contribution in [2.45, 2.75) is 39.9 Å². The first-order valence-electron chi connectivity index (χ1n) is 9.16. The lowest BCUT2D eigenvalue weighted by atomic mass is 10.2. The van der Waals surface area contributed by atoms with Crippen LogP contribution in [-0.4, -0.2) is 16.0 Å². The molecule has 2 aromatic carbocycles. The second-order valence-electron chi connectivity index (χ2n) is 6.85. The van der Waals surface area contributed by atoms with Crippen LogP contribution in [0.15, 0.2) is 60.7 Å². The molecule has 0 bridgehead atoms. The van der Waals surface area contributed by atoms with Gasteiger partial charge in [-0.25, -0.2) is 14.4 Å². The van der Waals surface area contributed by atoms with Crippen molar-refractivity contribution in [3.8, 4) is 0 Å². The van der Waals surface area contributed by atoms with Crippen molar-refractivity contribution in [3.63, 3.8) is 0 Å². The van der Waals surface area contributed by atoms with Crippen molar-refractivity contribution in [1.82, 2.24) is 9.97 Å². The SMILES string of the molecule is Cc1nc(NCc2ccc(F)cc2)cc(N(Cc2ccccc2)C(C)C)n1. The molecular weight excluding hydrogens is 339 g/mol. The smallest absolute Gasteiger partial charge is 0.134 e. The van der Waals surface area contributed by atoms with Gasteiger partial charge in [-0.2, -0.15) is 0 Å². The van der Waals surface area contributed by atoms with E-state index in [0.717, 1.165) is 23.7 Å². The number of rotatable bonds is 7. The molecule has 0 amide bonds. The largest absolute Gasteiger partial charge is 0.366 e. The maximum Gasteiger partial charge on any atom is 0.134 e. The molecule has 1 N–H and O–H groups in total. The number of benzene rings is 2. The van der Waals surface area contributed by atoms with Gasteiger partial charge in [0.2, 0.25) is 0 Å². The Morgan fingerprint density at radius 2 is 1.67 bits per heavy atom. The summed E-state index contributed by atoms with van der Waals surface area (Å²) < 4.78 is 13.1. The molecule has 0 aliphatic carbocycles. The zero-order valence-electron chi connectivity index (χ0n) is 16.0. The average molecular weight is 364 g/mol. The number of aromatic nitrogens is 2. The van der Waals surface area contributed by atoms with E-state index in [1.807, 2.05) is 19.1 Å². The summed E-state index contributed by atoms with van der Waals surface area (Å²) in [5, 5.41) is 3.32. The van der Waals surface area contributed by atoms with Crippen LogP contribution in [0.3, 0.4) is 0 Å². The molecule has 0 unspecified atom stereocenters. The summed E-state index contributed by atoms with van der Waals surface area (Å²) in [6, 6.07) is 19.1. The molecule has 140 valence electrons. The van der Waals surface area contributed by atoms with Gasteiger partial charge in [0.1, 0.15) is 23.3 Å². The van der Waals surface area contributed by atoms with E-state index in [-0.39, 0.29) is 5.82 Å². The minimum Gasteiger partial charge on any atom is -0.366 e. The van der Waals surface area contributed by atoms with Crippen molar-refractivity contribution < 1.29 is 4.39 Å². The summed E-state index contributed by atoms with van der Waals surface area (Å²) in [5.74, 6) is 2.14. The number of halogens is 1. The number of hydrogen-bond donors (Lipinski definition) is 1. The van der Waals surface area contributed by atoms with Crippen LogP contribution in [0.5, 0.6) is 0 Å². The Bertz CT molecular complexity index is 863. The topological polar surface area (TPSA) is 41.1 Å². The number of aryl methyl sites for hydroxylation is 1. The van der Waals surface area contributed by atoms with Gasteiger partial charge in [0, 0.05) is 25.2 Å². The Hall–Kier alpha value is -2.95. The van der Waals surface area contributed by atoms with E-state index in [4.69, 9.17) is 0 Å². The zero-order chi connectivity index (χ0) is 19.2. The summed E-state index contributed by atoms with van der Waals surface area (Å²) in [4.78, 5) is 11.4. The fourth-order valence-corrected chi connectivity index (χ4v) is 2.89. The Kier molecular flexibility index (Phi) is 6.01. The Morgan fingerprint density at radius 1 is 0.963 bits per heavy atom. The molecule has 5 heteroatoms. The molecule has 0 spiro atoms. The van der Waals surface area contributed by atoms with Crippen LogP contribution in [-0.2, 0) is 13.1 Å². The van der Waals surface area contributed by atoms with E-state index < -0.39 is 0 Å². The van der Waals surface area contributed by atoms with Gasteiger partial charge < -0.3 is 10.2 Å². The highest BCUT2D eigenvalue weighted by atomic mass is 19.1.